The molecule has 140 valence electrons. The minimum Gasteiger partial charge on any atom is -0.396 e. The minimum absolute atomic E-state index is 0.225. The zero-order valence-corrected chi connectivity index (χ0v) is 15.3. The summed E-state index contributed by atoms with van der Waals surface area (Å²) in [6, 6.07) is 0.370. The van der Waals surface area contributed by atoms with E-state index in [4.69, 9.17) is 15.8 Å². The summed E-state index contributed by atoms with van der Waals surface area (Å²) in [6.07, 6.45) is 4.97. The van der Waals surface area contributed by atoms with Gasteiger partial charge in [-0.25, -0.2) is 0 Å². The van der Waals surface area contributed by atoms with Crippen LogP contribution in [0.25, 0.3) is 0 Å². The van der Waals surface area contributed by atoms with Gasteiger partial charge in [-0.2, -0.15) is 0 Å². The van der Waals surface area contributed by atoms with Gasteiger partial charge in [0.25, 0.3) is 0 Å². The molecule has 7 heteroatoms. The van der Waals surface area contributed by atoms with Crippen molar-refractivity contribution in [2.75, 3.05) is 39.3 Å². The van der Waals surface area contributed by atoms with Crippen LogP contribution in [0, 0.1) is 5.92 Å². The molecule has 5 N–H and O–H groups in total. The zero-order chi connectivity index (χ0) is 17.8. The van der Waals surface area contributed by atoms with Crippen molar-refractivity contribution >= 4 is 11.9 Å². The summed E-state index contributed by atoms with van der Waals surface area (Å²) >= 11 is 0. The third-order valence-electron chi connectivity index (χ3n) is 4.39. The smallest absolute Gasteiger partial charge is 0.231 e. The van der Waals surface area contributed by atoms with Gasteiger partial charge in [-0.3, -0.25) is 14.7 Å². The third-order valence-corrected chi connectivity index (χ3v) is 4.39. The number of carbonyl (C=O) groups is 1. The van der Waals surface area contributed by atoms with Crippen LogP contribution < -0.4 is 16.4 Å². The Morgan fingerprint density at radius 2 is 2.04 bits per heavy atom. The molecule has 0 spiro atoms. The maximum atomic E-state index is 11.0. The van der Waals surface area contributed by atoms with Gasteiger partial charge in [0.15, 0.2) is 5.96 Å². The second kappa shape index (κ2) is 12.1. The van der Waals surface area contributed by atoms with Gasteiger partial charge >= 0.3 is 0 Å². The summed E-state index contributed by atoms with van der Waals surface area (Å²) < 4.78 is 0. The van der Waals surface area contributed by atoms with E-state index in [1.807, 2.05) is 0 Å². The fraction of sp³-hybridized carbons (Fsp3) is 0.882. The lowest BCUT2D eigenvalue weighted by molar-refractivity contribution is -0.119. The lowest BCUT2D eigenvalue weighted by Gasteiger charge is -2.32. The van der Waals surface area contributed by atoms with Crippen molar-refractivity contribution in [1.29, 1.82) is 0 Å². The van der Waals surface area contributed by atoms with Gasteiger partial charge in [0.05, 0.1) is 6.54 Å². The Hall–Kier alpha value is -1.34. The van der Waals surface area contributed by atoms with Gasteiger partial charge in [-0.15, -0.1) is 0 Å². The summed E-state index contributed by atoms with van der Waals surface area (Å²) in [5.74, 6) is 1.03. The Morgan fingerprint density at radius 1 is 1.33 bits per heavy atom. The van der Waals surface area contributed by atoms with E-state index in [1.54, 1.807) is 0 Å². The molecule has 1 saturated heterocycles. The Labute approximate surface area is 146 Å². The van der Waals surface area contributed by atoms with E-state index in [2.05, 4.69) is 29.4 Å². The Kier molecular flexibility index (Phi) is 10.4. The number of guanidine groups is 1. The first-order valence-corrected chi connectivity index (χ1v) is 9.25. The number of aliphatic hydroxyl groups excluding tert-OH is 1. The molecule has 1 aliphatic heterocycles. The third kappa shape index (κ3) is 8.49. The molecule has 0 aliphatic carbocycles. The zero-order valence-electron chi connectivity index (χ0n) is 15.3. The number of nitrogens with one attached hydrogen (secondary N) is 2. The van der Waals surface area contributed by atoms with Gasteiger partial charge < -0.3 is 21.5 Å². The Bertz CT molecular complexity index is 375. The van der Waals surface area contributed by atoms with Crippen molar-refractivity contribution in [3.63, 3.8) is 0 Å². The summed E-state index contributed by atoms with van der Waals surface area (Å²) in [5.41, 5.74) is 5.25. The van der Waals surface area contributed by atoms with Crippen LogP contribution in [0.15, 0.2) is 4.99 Å². The molecule has 1 fully saturated rings. The summed E-state index contributed by atoms with van der Waals surface area (Å²) in [6.45, 7) is 8.12. The number of amides is 1. The number of aliphatic hydroxyl groups is 1. The van der Waals surface area contributed by atoms with Crippen LogP contribution in [0.2, 0.25) is 0 Å². The van der Waals surface area contributed by atoms with Crippen molar-refractivity contribution in [2.45, 2.75) is 52.0 Å². The molecule has 24 heavy (non-hydrogen) atoms. The molecule has 1 atom stereocenters. The van der Waals surface area contributed by atoms with Gasteiger partial charge in [0.2, 0.25) is 5.91 Å². The first-order valence-electron chi connectivity index (χ1n) is 9.25. The first kappa shape index (κ1) is 20.7. The van der Waals surface area contributed by atoms with Gasteiger partial charge in [-0.1, -0.05) is 13.3 Å². The molecular weight excluding hydrogens is 306 g/mol. The maximum Gasteiger partial charge on any atom is 0.231 e. The van der Waals surface area contributed by atoms with Gasteiger partial charge in [-0.05, 0) is 38.5 Å². The second-order valence-corrected chi connectivity index (χ2v) is 6.55. The molecule has 0 aromatic heterocycles. The van der Waals surface area contributed by atoms with E-state index in [-0.39, 0.29) is 12.5 Å². The fourth-order valence-corrected chi connectivity index (χ4v) is 3.11. The predicted octanol–water partition coefficient (Wildman–Crippen LogP) is 0.290. The molecule has 1 unspecified atom stereocenters. The largest absolute Gasteiger partial charge is 0.396 e. The van der Waals surface area contributed by atoms with Crippen molar-refractivity contribution in [3.05, 3.63) is 0 Å². The average molecular weight is 342 g/mol. The second-order valence-electron chi connectivity index (χ2n) is 6.55. The molecule has 0 bridgehead atoms. The van der Waals surface area contributed by atoms with E-state index in [9.17, 15) is 4.79 Å². The minimum atomic E-state index is -0.262. The monoisotopic (exact) mass is 341 g/mol. The predicted molar refractivity (Wildman–Crippen MR) is 97.9 cm³/mol. The number of hydrogen-bond acceptors (Lipinski definition) is 4. The highest BCUT2D eigenvalue weighted by Gasteiger charge is 2.20. The summed E-state index contributed by atoms with van der Waals surface area (Å²) in [7, 11) is 0. The van der Waals surface area contributed by atoms with Gasteiger partial charge in [0.1, 0.15) is 0 Å². The molecule has 1 rings (SSSR count). The first-order chi connectivity index (χ1) is 11.6. The standard InChI is InChI=1S/C17H35N5O2/c1-3-5-14(8-11-23)12-20-17(19-4-2)21-15-6-9-22(10-7-15)13-16(18)24/h14-15,23H,3-13H2,1-2H3,(H2,18,24)(H2,19,20,21). The molecule has 0 radical (unpaired) electrons. The SMILES string of the molecule is CCCC(CCO)CN=C(NCC)NC1CCN(CC(N)=O)CC1. The Balaban J connectivity index is 2.47. The molecule has 1 heterocycles. The van der Waals surface area contributed by atoms with Crippen LogP contribution >= 0.6 is 0 Å². The van der Waals surface area contributed by atoms with Crippen LogP contribution in [0.4, 0.5) is 0 Å². The lowest BCUT2D eigenvalue weighted by atomic mass is 10.0. The molecule has 1 amide bonds. The molecule has 0 aromatic rings. The van der Waals surface area contributed by atoms with Crippen molar-refractivity contribution < 1.29 is 9.90 Å². The average Bonchev–Trinajstić information content (AvgIpc) is 2.54. The molecule has 1 aliphatic rings. The van der Waals surface area contributed by atoms with Gasteiger partial charge in [0, 0.05) is 38.8 Å². The number of nitrogens with two attached hydrogens (primary N) is 1. The fourth-order valence-electron chi connectivity index (χ4n) is 3.11. The van der Waals surface area contributed by atoms with E-state index in [0.717, 1.165) is 64.2 Å². The molecular formula is C17H35N5O2. The van der Waals surface area contributed by atoms with E-state index in [0.29, 0.717) is 18.5 Å². The van der Waals surface area contributed by atoms with Crippen molar-refractivity contribution in [3.8, 4) is 0 Å². The number of hydrogen-bond donors (Lipinski definition) is 4. The number of carbonyl (C=O) groups excluding carboxylic acids is 1. The highest BCUT2D eigenvalue weighted by atomic mass is 16.3. The Morgan fingerprint density at radius 3 is 2.58 bits per heavy atom. The maximum absolute atomic E-state index is 11.0. The van der Waals surface area contributed by atoms with E-state index >= 15 is 0 Å². The summed E-state index contributed by atoms with van der Waals surface area (Å²) in [4.78, 5) is 17.8. The molecule has 7 nitrogen and oxygen atoms in total. The highest BCUT2D eigenvalue weighted by Crippen LogP contribution is 2.12. The molecule has 0 aromatic carbocycles. The normalized spacial score (nSPS) is 18.4. The van der Waals surface area contributed by atoms with Crippen LogP contribution in [-0.2, 0) is 4.79 Å². The number of piperidine rings is 1. The number of nitrogens with zero attached hydrogens (tertiary/aromatic N) is 2. The number of aliphatic imine (C=N–C) groups is 1. The van der Waals surface area contributed by atoms with Crippen molar-refractivity contribution in [2.24, 2.45) is 16.6 Å². The van der Waals surface area contributed by atoms with Crippen LogP contribution in [-0.4, -0.2) is 67.2 Å². The lowest BCUT2D eigenvalue weighted by Crippen LogP contribution is -2.50. The quantitative estimate of drug-likeness (QED) is 0.338. The van der Waals surface area contributed by atoms with Crippen molar-refractivity contribution in [1.82, 2.24) is 15.5 Å². The van der Waals surface area contributed by atoms with Crippen LogP contribution in [0.5, 0.6) is 0 Å². The van der Waals surface area contributed by atoms with Crippen LogP contribution in [0.3, 0.4) is 0 Å². The topological polar surface area (TPSA) is 103 Å². The number of rotatable bonds is 10. The number of primary amides is 1. The van der Waals surface area contributed by atoms with Crippen LogP contribution in [0.1, 0.15) is 46.0 Å². The summed E-state index contributed by atoms with van der Waals surface area (Å²) in [5, 5.41) is 16.0. The highest BCUT2D eigenvalue weighted by molar-refractivity contribution is 5.80. The number of likely N-dealkylation sites (tertiary alicyclic amines) is 1. The molecule has 0 saturated carbocycles. The van der Waals surface area contributed by atoms with E-state index < -0.39 is 0 Å². The van der Waals surface area contributed by atoms with E-state index in [1.165, 1.54) is 0 Å².